The number of fused-ring (bicyclic) bond motifs is 1. The molecule has 0 spiro atoms. The Morgan fingerprint density at radius 1 is 1.00 bits per heavy atom. The van der Waals surface area contributed by atoms with E-state index in [0.717, 1.165) is 30.2 Å². The van der Waals surface area contributed by atoms with Crippen molar-refractivity contribution in [2.75, 3.05) is 12.4 Å². The van der Waals surface area contributed by atoms with E-state index in [2.05, 4.69) is 15.9 Å². The molecule has 1 aromatic carbocycles. The molecule has 0 saturated carbocycles. The maximum atomic E-state index is 12.1. The fourth-order valence-electron chi connectivity index (χ4n) is 2.18. The van der Waals surface area contributed by atoms with Crippen molar-refractivity contribution in [1.29, 1.82) is 0 Å². The Kier molecular flexibility index (Phi) is 4.99. The van der Waals surface area contributed by atoms with E-state index in [9.17, 15) is 9.59 Å². The first-order valence-corrected chi connectivity index (χ1v) is 7.69. The van der Waals surface area contributed by atoms with Crippen LogP contribution in [0.15, 0.2) is 22.7 Å². The molecular weight excluding hydrogens is 330 g/mol. The number of carbonyl (C=O) groups excluding carboxylic acids is 2. The van der Waals surface area contributed by atoms with Crippen LogP contribution in [-0.4, -0.2) is 29.1 Å². The number of halogens is 2. The Labute approximate surface area is 126 Å². The smallest absolute Gasteiger partial charge is 0.261 e. The zero-order chi connectivity index (χ0) is 13.8. The predicted octanol–water partition coefficient (Wildman–Crippen LogP) is 3.84. The van der Waals surface area contributed by atoms with E-state index < -0.39 is 0 Å². The van der Waals surface area contributed by atoms with Gasteiger partial charge in [-0.3, -0.25) is 14.5 Å². The molecule has 2 amide bonds. The zero-order valence-corrected chi connectivity index (χ0v) is 12.8. The second-order valence-electron chi connectivity index (χ2n) is 4.56. The van der Waals surface area contributed by atoms with Gasteiger partial charge in [0, 0.05) is 16.9 Å². The topological polar surface area (TPSA) is 37.4 Å². The molecule has 0 fully saturated rings. The van der Waals surface area contributed by atoms with Crippen molar-refractivity contribution in [3.63, 3.8) is 0 Å². The zero-order valence-electron chi connectivity index (χ0n) is 10.5. The van der Waals surface area contributed by atoms with Gasteiger partial charge in [0.1, 0.15) is 0 Å². The molecular formula is C14H15BrClNO2. The van der Waals surface area contributed by atoms with E-state index in [-0.39, 0.29) is 11.8 Å². The van der Waals surface area contributed by atoms with Crippen molar-refractivity contribution < 1.29 is 9.59 Å². The fourth-order valence-corrected chi connectivity index (χ4v) is 2.73. The molecule has 0 N–H and O–H groups in total. The quantitative estimate of drug-likeness (QED) is 0.446. The number of alkyl halides is 1. The van der Waals surface area contributed by atoms with Crippen molar-refractivity contribution in [3.8, 4) is 0 Å². The lowest BCUT2D eigenvalue weighted by molar-refractivity contribution is 0.0651. The van der Waals surface area contributed by atoms with Gasteiger partial charge >= 0.3 is 0 Å². The summed E-state index contributed by atoms with van der Waals surface area (Å²) in [4.78, 5) is 25.6. The Bertz CT molecular complexity index is 504. The number of nitrogens with zero attached hydrogens (tertiary/aromatic N) is 1. The molecule has 2 rings (SSSR count). The summed E-state index contributed by atoms with van der Waals surface area (Å²) in [6, 6.07) is 5.20. The Balaban J connectivity index is 1.98. The second-order valence-corrected chi connectivity index (χ2v) is 5.85. The van der Waals surface area contributed by atoms with E-state index in [1.807, 2.05) is 0 Å². The highest BCUT2D eigenvalue weighted by molar-refractivity contribution is 9.10. The number of amides is 2. The van der Waals surface area contributed by atoms with Gasteiger partial charge in [0.05, 0.1) is 11.1 Å². The highest BCUT2D eigenvalue weighted by Crippen LogP contribution is 2.26. The monoisotopic (exact) mass is 343 g/mol. The number of hydrogen-bond acceptors (Lipinski definition) is 2. The third-order valence-corrected chi connectivity index (χ3v) is 3.96. The SMILES string of the molecule is O=C1c2ccc(Br)cc2C(=O)N1CCCCCCCl. The fraction of sp³-hybridized carbons (Fsp3) is 0.429. The number of benzene rings is 1. The van der Waals surface area contributed by atoms with Crippen LogP contribution >= 0.6 is 27.5 Å². The lowest BCUT2D eigenvalue weighted by atomic mass is 10.1. The Hall–Kier alpha value is -0.870. The van der Waals surface area contributed by atoms with Crippen LogP contribution in [0.1, 0.15) is 46.4 Å². The van der Waals surface area contributed by atoms with Gasteiger partial charge < -0.3 is 0 Å². The van der Waals surface area contributed by atoms with Crippen LogP contribution in [0.2, 0.25) is 0 Å². The molecule has 19 heavy (non-hydrogen) atoms. The van der Waals surface area contributed by atoms with Crippen LogP contribution in [0.25, 0.3) is 0 Å². The number of unbranched alkanes of at least 4 members (excludes halogenated alkanes) is 3. The highest BCUT2D eigenvalue weighted by atomic mass is 79.9. The van der Waals surface area contributed by atoms with Gasteiger partial charge in [-0.2, -0.15) is 0 Å². The molecule has 102 valence electrons. The number of carbonyl (C=O) groups is 2. The minimum atomic E-state index is -0.182. The van der Waals surface area contributed by atoms with E-state index in [1.54, 1.807) is 18.2 Å². The predicted molar refractivity (Wildman–Crippen MR) is 78.7 cm³/mol. The molecule has 3 nitrogen and oxygen atoms in total. The largest absolute Gasteiger partial charge is 0.274 e. The lowest BCUT2D eigenvalue weighted by Gasteiger charge is -2.13. The molecule has 0 aliphatic carbocycles. The average Bonchev–Trinajstić information content (AvgIpc) is 2.63. The van der Waals surface area contributed by atoms with Crippen LogP contribution in [0.4, 0.5) is 0 Å². The van der Waals surface area contributed by atoms with Crippen LogP contribution in [0.5, 0.6) is 0 Å². The standard InChI is InChI=1S/C14H15BrClNO2/c15-10-5-6-11-12(9-10)14(19)17(13(11)18)8-4-2-1-3-7-16/h5-6,9H,1-4,7-8H2. The third-order valence-electron chi connectivity index (χ3n) is 3.20. The van der Waals surface area contributed by atoms with Gasteiger partial charge in [-0.05, 0) is 31.0 Å². The van der Waals surface area contributed by atoms with E-state index >= 15 is 0 Å². The van der Waals surface area contributed by atoms with Gasteiger partial charge in [-0.15, -0.1) is 11.6 Å². The number of hydrogen-bond donors (Lipinski definition) is 0. The summed E-state index contributed by atoms with van der Waals surface area (Å²) in [6.45, 7) is 0.492. The van der Waals surface area contributed by atoms with E-state index in [1.165, 1.54) is 4.90 Å². The average molecular weight is 345 g/mol. The van der Waals surface area contributed by atoms with Gasteiger partial charge in [0.15, 0.2) is 0 Å². The van der Waals surface area contributed by atoms with Crippen molar-refractivity contribution >= 4 is 39.3 Å². The van der Waals surface area contributed by atoms with Crippen LogP contribution in [0.3, 0.4) is 0 Å². The maximum absolute atomic E-state index is 12.1. The van der Waals surface area contributed by atoms with Gasteiger partial charge in [-0.1, -0.05) is 28.8 Å². The Morgan fingerprint density at radius 3 is 2.42 bits per heavy atom. The summed E-state index contributed by atoms with van der Waals surface area (Å²) in [7, 11) is 0. The lowest BCUT2D eigenvalue weighted by Crippen LogP contribution is -2.30. The molecule has 0 bridgehead atoms. The molecule has 1 heterocycles. The van der Waals surface area contributed by atoms with E-state index in [0.29, 0.717) is 23.6 Å². The van der Waals surface area contributed by atoms with E-state index in [4.69, 9.17) is 11.6 Å². The van der Waals surface area contributed by atoms with Crippen molar-refractivity contribution in [2.24, 2.45) is 0 Å². The molecule has 5 heteroatoms. The summed E-state index contributed by atoms with van der Waals surface area (Å²) in [6.07, 6.45) is 3.85. The number of imide groups is 1. The molecule has 0 aromatic heterocycles. The van der Waals surface area contributed by atoms with Crippen LogP contribution in [-0.2, 0) is 0 Å². The summed E-state index contributed by atoms with van der Waals surface area (Å²) in [5.74, 6) is 0.310. The van der Waals surface area contributed by atoms with Crippen LogP contribution < -0.4 is 0 Å². The first-order chi connectivity index (χ1) is 9.15. The minimum Gasteiger partial charge on any atom is -0.274 e. The summed E-state index contributed by atoms with van der Waals surface area (Å²) in [5.41, 5.74) is 1.01. The molecule has 0 atom stereocenters. The highest BCUT2D eigenvalue weighted by Gasteiger charge is 2.34. The summed E-state index contributed by atoms with van der Waals surface area (Å²) >= 11 is 8.93. The first-order valence-electron chi connectivity index (χ1n) is 6.37. The molecule has 0 unspecified atom stereocenters. The van der Waals surface area contributed by atoms with Crippen molar-refractivity contribution in [2.45, 2.75) is 25.7 Å². The molecule has 1 aromatic rings. The van der Waals surface area contributed by atoms with Crippen molar-refractivity contribution in [3.05, 3.63) is 33.8 Å². The molecule has 1 aliphatic heterocycles. The summed E-state index contributed by atoms with van der Waals surface area (Å²) in [5, 5.41) is 0. The Morgan fingerprint density at radius 2 is 1.68 bits per heavy atom. The second kappa shape index (κ2) is 6.53. The van der Waals surface area contributed by atoms with Gasteiger partial charge in [0.2, 0.25) is 0 Å². The van der Waals surface area contributed by atoms with Gasteiger partial charge in [0.25, 0.3) is 11.8 Å². The maximum Gasteiger partial charge on any atom is 0.261 e. The number of rotatable bonds is 6. The van der Waals surface area contributed by atoms with Gasteiger partial charge in [-0.25, -0.2) is 0 Å². The van der Waals surface area contributed by atoms with Crippen LogP contribution in [0, 0.1) is 0 Å². The molecule has 1 aliphatic rings. The molecule has 0 radical (unpaired) electrons. The molecule has 0 saturated heterocycles. The minimum absolute atomic E-state index is 0.176. The summed E-state index contributed by atoms with van der Waals surface area (Å²) < 4.78 is 0.816. The normalized spacial score (nSPS) is 14.1. The van der Waals surface area contributed by atoms with Crippen molar-refractivity contribution in [1.82, 2.24) is 4.90 Å². The first kappa shape index (κ1) is 14.5. The third kappa shape index (κ3) is 3.18.